The van der Waals surface area contributed by atoms with E-state index >= 15 is 0 Å². The van der Waals surface area contributed by atoms with Crippen LogP contribution in [0.2, 0.25) is 5.02 Å². The monoisotopic (exact) mass is 324 g/mol. The van der Waals surface area contributed by atoms with Gasteiger partial charge in [0.25, 0.3) is 5.91 Å². The summed E-state index contributed by atoms with van der Waals surface area (Å²) in [6.07, 6.45) is -6.20. The number of amides is 2. The molecule has 0 aliphatic rings. The van der Waals surface area contributed by atoms with Crippen molar-refractivity contribution in [2.75, 3.05) is 0 Å². The predicted molar refractivity (Wildman–Crippen MR) is 68.4 cm³/mol. The predicted octanol–water partition coefficient (Wildman–Crippen LogP) is 1.80. The number of halogens is 4. The molecule has 0 unspecified atom stereocenters. The zero-order valence-electron chi connectivity index (χ0n) is 10.8. The maximum Gasteiger partial charge on any atom is 0.417 e. The Hall–Kier alpha value is -1.80. The number of hydrogen-bond acceptors (Lipinski definition) is 3. The van der Waals surface area contributed by atoms with Crippen LogP contribution in [0.15, 0.2) is 24.3 Å². The van der Waals surface area contributed by atoms with Gasteiger partial charge in [-0.2, -0.15) is 13.2 Å². The summed E-state index contributed by atoms with van der Waals surface area (Å²) in [5.41, 5.74) is 0.645. The minimum atomic E-state index is -4.96. The second kappa shape index (κ2) is 6.31. The molecule has 116 valence electrons. The molecule has 0 aliphatic carbocycles. The summed E-state index contributed by atoms with van der Waals surface area (Å²) < 4.78 is 37.1. The van der Waals surface area contributed by atoms with Crippen molar-refractivity contribution in [3.05, 3.63) is 34.9 Å². The second-order valence-corrected chi connectivity index (χ2v) is 4.90. The van der Waals surface area contributed by atoms with E-state index in [9.17, 15) is 22.8 Å². The van der Waals surface area contributed by atoms with Crippen molar-refractivity contribution in [3.8, 4) is 0 Å². The first-order valence-electron chi connectivity index (χ1n) is 5.67. The molecule has 1 aromatic rings. The number of carbonyl (C=O) groups is 2. The lowest BCUT2D eigenvalue weighted by molar-refractivity contribution is -0.253. The molecule has 3 N–H and O–H groups in total. The van der Waals surface area contributed by atoms with Crippen molar-refractivity contribution < 1.29 is 27.9 Å². The average molecular weight is 325 g/mol. The third-order valence-corrected chi connectivity index (χ3v) is 2.75. The highest BCUT2D eigenvalue weighted by molar-refractivity contribution is 6.30. The second-order valence-electron chi connectivity index (χ2n) is 4.46. The first-order chi connectivity index (χ1) is 9.53. The number of carbonyl (C=O) groups excluding carboxylic acids is 2. The molecule has 2 amide bonds. The van der Waals surface area contributed by atoms with Crippen molar-refractivity contribution in [1.82, 2.24) is 10.9 Å². The Bertz CT molecular complexity index is 547. The minimum absolute atomic E-state index is 0.116. The summed E-state index contributed by atoms with van der Waals surface area (Å²) in [7, 11) is 0. The van der Waals surface area contributed by atoms with Gasteiger partial charge in [-0.25, -0.2) is 0 Å². The van der Waals surface area contributed by atoms with Crippen LogP contribution in [0.4, 0.5) is 13.2 Å². The summed E-state index contributed by atoms with van der Waals surface area (Å²) in [4.78, 5) is 22.9. The van der Waals surface area contributed by atoms with Crippen molar-refractivity contribution in [2.45, 2.75) is 25.1 Å². The number of alkyl halides is 3. The van der Waals surface area contributed by atoms with Gasteiger partial charge in [-0.15, -0.1) is 0 Å². The van der Waals surface area contributed by atoms with E-state index < -0.39 is 30.0 Å². The molecule has 9 heteroatoms. The van der Waals surface area contributed by atoms with Crippen molar-refractivity contribution in [2.24, 2.45) is 0 Å². The third kappa shape index (κ3) is 4.91. The van der Waals surface area contributed by atoms with E-state index in [1.54, 1.807) is 5.43 Å². The van der Waals surface area contributed by atoms with Crippen LogP contribution < -0.4 is 10.9 Å². The first kappa shape index (κ1) is 17.3. The fraction of sp³-hybridized carbons (Fsp3) is 0.333. The summed E-state index contributed by atoms with van der Waals surface area (Å²) in [5.74, 6) is -1.94. The van der Waals surface area contributed by atoms with E-state index in [2.05, 4.69) is 0 Å². The van der Waals surface area contributed by atoms with Gasteiger partial charge in [-0.05, 0) is 25.1 Å². The fourth-order valence-electron chi connectivity index (χ4n) is 1.29. The molecular weight excluding hydrogens is 313 g/mol. The number of hydrazine groups is 1. The SMILES string of the molecule is C[C@@](O)(CC(=O)NNC(=O)c1cccc(Cl)c1)C(F)(F)F. The van der Waals surface area contributed by atoms with Gasteiger partial charge in [0.1, 0.15) is 0 Å². The van der Waals surface area contributed by atoms with Crippen LogP contribution in [0.5, 0.6) is 0 Å². The Morgan fingerprint density at radius 1 is 1.29 bits per heavy atom. The van der Waals surface area contributed by atoms with E-state index in [-0.39, 0.29) is 10.6 Å². The van der Waals surface area contributed by atoms with E-state index in [0.717, 1.165) is 0 Å². The van der Waals surface area contributed by atoms with E-state index in [0.29, 0.717) is 6.92 Å². The van der Waals surface area contributed by atoms with E-state index in [1.807, 2.05) is 5.43 Å². The van der Waals surface area contributed by atoms with Crippen LogP contribution in [0, 0.1) is 0 Å². The Morgan fingerprint density at radius 3 is 2.43 bits per heavy atom. The molecule has 0 fully saturated rings. The van der Waals surface area contributed by atoms with Gasteiger partial charge in [0.15, 0.2) is 5.60 Å². The third-order valence-electron chi connectivity index (χ3n) is 2.52. The standard InChI is InChI=1S/C12H12ClF3N2O3/c1-11(21,12(14,15)16)6-9(19)17-18-10(20)7-3-2-4-8(13)5-7/h2-5,21H,6H2,1H3,(H,17,19)(H,18,20)/t11-/m1/s1. The molecule has 0 aromatic heterocycles. The normalized spacial score (nSPS) is 14.2. The molecular formula is C12H12ClF3N2O3. The number of nitrogens with one attached hydrogen (secondary N) is 2. The Morgan fingerprint density at radius 2 is 1.90 bits per heavy atom. The van der Waals surface area contributed by atoms with Crippen LogP contribution in [-0.2, 0) is 4.79 Å². The number of rotatable bonds is 3. The largest absolute Gasteiger partial charge is 0.417 e. The van der Waals surface area contributed by atoms with Gasteiger partial charge in [-0.3, -0.25) is 20.4 Å². The highest BCUT2D eigenvalue weighted by atomic mass is 35.5. The number of benzene rings is 1. The van der Waals surface area contributed by atoms with Crippen LogP contribution in [0.1, 0.15) is 23.7 Å². The van der Waals surface area contributed by atoms with Crippen LogP contribution in [0.25, 0.3) is 0 Å². The summed E-state index contributed by atoms with van der Waals surface area (Å²) in [5, 5.41) is 9.41. The molecule has 0 saturated heterocycles. The van der Waals surface area contributed by atoms with E-state index in [4.69, 9.17) is 16.7 Å². The molecule has 0 spiro atoms. The lowest BCUT2D eigenvalue weighted by Crippen LogP contribution is -2.49. The molecule has 1 rings (SSSR count). The molecule has 1 atom stereocenters. The zero-order valence-corrected chi connectivity index (χ0v) is 11.5. The molecule has 0 saturated carbocycles. The molecule has 21 heavy (non-hydrogen) atoms. The summed E-state index contributed by atoms with van der Waals surface area (Å²) in [6, 6.07) is 5.74. The van der Waals surface area contributed by atoms with Gasteiger partial charge >= 0.3 is 6.18 Å². The van der Waals surface area contributed by atoms with Gasteiger partial charge in [0, 0.05) is 10.6 Å². The number of aliphatic hydroxyl groups is 1. The van der Waals surface area contributed by atoms with E-state index in [1.165, 1.54) is 24.3 Å². The van der Waals surface area contributed by atoms with Crippen molar-refractivity contribution in [3.63, 3.8) is 0 Å². The zero-order chi connectivity index (χ0) is 16.3. The number of hydrogen-bond donors (Lipinski definition) is 3. The molecule has 0 bridgehead atoms. The topological polar surface area (TPSA) is 78.4 Å². The Kier molecular flexibility index (Phi) is 5.19. The Balaban J connectivity index is 2.56. The minimum Gasteiger partial charge on any atom is -0.380 e. The van der Waals surface area contributed by atoms with Crippen LogP contribution in [0.3, 0.4) is 0 Å². The maximum atomic E-state index is 12.4. The smallest absolute Gasteiger partial charge is 0.380 e. The van der Waals surface area contributed by atoms with Crippen molar-refractivity contribution >= 4 is 23.4 Å². The summed E-state index contributed by atoms with van der Waals surface area (Å²) >= 11 is 5.66. The van der Waals surface area contributed by atoms with Gasteiger partial charge in [0.2, 0.25) is 5.91 Å². The highest BCUT2D eigenvalue weighted by Gasteiger charge is 2.51. The van der Waals surface area contributed by atoms with Crippen LogP contribution in [-0.4, -0.2) is 28.7 Å². The maximum absolute atomic E-state index is 12.4. The lowest BCUT2D eigenvalue weighted by Gasteiger charge is -2.25. The molecule has 0 aliphatic heterocycles. The molecule has 0 heterocycles. The fourth-order valence-corrected chi connectivity index (χ4v) is 1.48. The first-order valence-corrected chi connectivity index (χ1v) is 6.04. The van der Waals surface area contributed by atoms with Crippen LogP contribution >= 0.6 is 11.6 Å². The molecule has 0 radical (unpaired) electrons. The molecule has 5 nitrogen and oxygen atoms in total. The van der Waals surface area contributed by atoms with Gasteiger partial charge in [-0.1, -0.05) is 17.7 Å². The molecule has 1 aromatic carbocycles. The quantitative estimate of drug-likeness (QED) is 0.742. The van der Waals surface area contributed by atoms with Gasteiger partial charge < -0.3 is 5.11 Å². The highest BCUT2D eigenvalue weighted by Crippen LogP contribution is 2.32. The van der Waals surface area contributed by atoms with Gasteiger partial charge in [0.05, 0.1) is 6.42 Å². The van der Waals surface area contributed by atoms with Crippen molar-refractivity contribution in [1.29, 1.82) is 0 Å². The average Bonchev–Trinajstić information content (AvgIpc) is 2.34. The Labute approximate surface area is 123 Å². The lowest BCUT2D eigenvalue weighted by atomic mass is 10.0. The summed E-state index contributed by atoms with van der Waals surface area (Å²) in [6.45, 7) is 0.464.